The number of rotatable bonds is 9. The highest BCUT2D eigenvalue weighted by atomic mass is 16.5. The molecule has 0 bridgehead atoms. The van der Waals surface area contributed by atoms with Crippen molar-refractivity contribution < 1.29 is 14.6 Å². The molecular formula is C25H26O3. The minimum absolute atomic E-state index is 0.0799. The number of hydrogen-bond acceptors (Lipinski definition) is 3. The molecule has 1 N–H and O–H groups in total. The van der Waals surface area contributed by atoms with Gasteiger partial charge in [-0.2, -0.15) is 0 Å². The van der Waals surface area contributed by atoms with E-state index in [1.807, 2.05) is 78.9 Å². The highest BCUT2D eigenvalue weighted by Gasteiger charge is 2.30. The Kier molecular flexibility index (Phi) is 6.75. The van der Waals surface area contributed by atoms with Gasteiger partial charge < -0.3 is 9.84 Å². The minimum atomic E-state index is -1.10. The van der Waals surface area contributed by atoms with E-state index in [0.717, 1.165) is 11.1 Å². The number of Topliss-reactive ketones (excluding diaryl/α,β-unsaturated/α-hetero) is 1. The Morgan fingerprint density at radius 1 is 0.821 bits per heavy atom. The highest BCUT2D eigenvalue weighted by Crippen LogP contribution is 2.21. The third kappa shape index (κ3) is 5.62. The quantitative estimate of drug-likeness (QED) is 0.561. The van der Waals surface area contributed by atoms with Crippen LogP contribution in [0.25, 0.3) is 0 Å². The SMILES string of the molecule is CC(OCC(O)(Cc1ccccc1)Cc1ccccc1)C(=O)c1ccccc1. The van der Waals surface area contributed by atoms with Crippen molar-refractivity contribution in [2.24, 2.45) is 0 Å². The van der Waals surface area contributed by atoms with Gasteiger partial charge in [-0.05, 0) is 18.1 Å². The molecule has 1 unspecified atom stereocenters. The lowest BCUT2D eigenvalue weighted by molar-refractivity contribution is -0.0602. The van der Waals surface area contributed by atoms with Gasteiger partial charge in [0.15, 0.2) is 5.78 Å². The normalized spacial score (nSPS) is 12.5. The zero-order chi connectivity index (χ0) is 19.8. The summed E-state index contributed by atoms with van der Waals surface area (Å²) in [5.41, 5.74) is 1.58. The molecule has 0 saturated heterocycles. The maximum Gasteiger partial charge on any atom is 0.191 e. The summed E-state index contributed by atoms with van der Waals surface area (Å²) in [7, 11) is 0. The summed E-state index contributed by atoms with van der Waals surface area (Å²) < 4.78 is 5.87. The van der Waals surface area contributed by atoms with E-state index >= 15 is 0 Å². The van der Waals surface area contributed by atoms with Crippen LogP contribution in [-0.4, -0.2) is 29.2 Å². The van der Waals surface area contributed by atoms with Crippen LogP contribution in [0.5, 0.6) is 0 Å². The van der Waals surface area contributed by atoms with E-state index in [2.05, 4.69) is 0 Å². The van der Waals surface area contributed by atoms with Crippen molar-refractivity contribution in [3.8, 4) is 0 Å². The lowest BCUT2D eigenvalue weighted by Crippen LogP contribution is -2.41. The predicted octanol–water partition coefficient (Wildman–Crippen LogP) is 4.49. The van der Waals surface area contributed by atoms with Crippen molar-refractivity contribution in [3.63, 3.8) is 0 Å². The molecule has 0 aromatic heterocycles. The fourth-order valence-electron chi connectivity index (χ4n) is 3.31. The lowest BCUT2D eigenvalue weighted by Gasteiger charge is -2.30. The summed E-state index contributed by atoms with van der Waals surface area (Å²) in [5, 5.41) is 11.4. The average Bonchev–Trinajstić information content (AvgIpc) is 2.73. The van der Waals surface area contributed by atoms with Crippen LogP contribution < -0.4 is 0 Å². The molecule has 3 nitrogen and oxygen atoms in total. The Hall–Kier alpha value is -2.75. The molecule has 144 valence electrons. The zero-order valence-electron chi connectivity index (χ0n) is 16.1. The maximum atomic E-state index is 12.6. The second-order valence-electron chi connectivity index (χ2n) is 7.23. The number of ketones is 1. The number of carbonyl (C=O) groups is 1. The monoisotopic (exact) mass is 374 g/mol. The van der Waals surface area contributed by atoms with Gasteiger partial charge in [-0.1, -0.05) is 91.0 Å². The Labute approximate surface area is 166 Å². The number of hydrogen-bond donors (Lipinski definition) is 1. The number of ether oxygens (including phenoxy) is 1. The number of carbonyl (C=O) groups excluding carboxylic acids is 1. The summed E-state index contributed by atoms with van der Waals surface area (Å²) in [6.07, 6.45) is 0.282. The minimum Gasteiger partial charge on any atom is -0.387 e. The first-order valence-corrected chi connectivity index (χ1v) is 9.57. The van der Waals surface area contributed by atoms with Crippen LogP contribution in [0.1, 0.15) is 28.4 Å². The lowest BCUT2D eigenvalue weighted by atomic mass is 9.88. The largest absolute Gasteiger partial charge is 0.387 e. The van der Waals surface area contributed by atoms with E-state index in [1.165, 1.54) is 0 Å². The third-order valence-electron chi connectivity index (χ3n) is 4.78. The van der Waals surface area contributed by atoms with Gasteiger partial charge >= 0.3 is 0 Å². The summed E-state index contributed by atoms with van der Waals surface area (Å²) in [4.78, 5) is 12.6. The van der Waals surface area contributed by atoms with E-state index in [-0.39, 0.29) is 12.4 Å². The van der Waals surface area contributed by atoms with Gasteiger partial charge in [0.2, 0.25) is 0 Å². The fraction of sp³-hybridized carbons (Fsp3) is 0.240. The molecule has 0 radical (unpaired) electrons. The Morgan fingerprint density at radius 3 is 1.71 bits per heavy atom. The molecule has 3 aromatic rings. The first kappa shape index (κ1) is 20.0. The van der Waals surface area contributed by atoms with E-state index in [9.17, 15) is 9.90 Å². The van der Waals surface area contributed by atoms with Crippen molar-refractivity contribution in [2.45, 2.75) is 31.5 Å². The van der Waals surface area contributed by atoms with Crippen LogP contribution in [-0.2, 0) is 17.6 Å². The Balaban J connectivity index is 1.72. The fourth-order valence-corrected chi connectivity index (χ4v) is 3.31. The Bertz CT molecular complexity index is 819. The molecule has 0 fully saturated rings. The molecule has 0 spiro atoms. The van der Waals surface area contributed by atoms with Crippen molar-refractivity contribution in [3.05, 3.63) is 108 Å². The van der Waals surface area contributed by atoms with Crippen LogP contribution in [0.2, 0.25) is 0 Å². The van der Waals surface area contributed by atoms with Gasteiger partial charge in [0.05, 0.1) is 12.2 Å². The van der Waals surface area contributed by atoms with Gasteiger partial charge in [-0.15, -0.1) is 0 Å². The van der Waals surface area contributed by atoms with Crippen LogP contribution in [0, 0.1) is 0 Å². The summed E-state index contributed by atoms with van der Waals surface area (Å²) in [6, 6.07) is 28.8. The van der Waals surface area contributed by atoms with Crippen LogP contribution in [0.4, 0.5) is 0 Å². The van der Waals surface area contributed by atoms with Gasteiger partial charge in [0.25, 0.3) is 0 Å². The van der Waals surface area contributed by atoms with Gasteiger partial charge in [-0.25, -0.2) is 0 Å². The zero-order valence-corrected chi connectivity index (χ0v) is 16.1. The second-order valence-corrected chi connectivity index (χ2v) is 7.23. The van der Waals surface area contributed by atoms with Crippen molar-refractivity contribution in [1.82, 2.24) is 0 Å². The smallest absolute Gasteiger partial charge is 0.191 e. The first-order valence-electron chi connectivity index (χ1n) is 9.57. The molecule has 3 aromatic carbocycles. The standard InChI is InChI=1S/C25H26O3/c1-20(24(26)23-15-9-4-10-16-23)28-19-25(27,17-21-11-5-2-6-12-21)18-22-13-7-3-8-14-22/h2-16,20,27H,17-19H2,1H3. The molecule has 0 saturated carbocycles. The molecule has 0 aliphatic heterocycles. The number of aliphatic hydroxyl groups is 1. The molecular weight excluding hydrogens is 348 g/mol. The summed E-state index contributed by atoms with van der Waals surface area (Å²) >= 11 is 0. The molecule has 1 atom stereocenters. The first-order chi connectivity index (χ1) is 13.6. The molecule has 0 amide bonds. The van der Waals surface area contributed by atoms with Gasteiger partial charge in [0.1, 0.15) is 6.10 Å². The third-order valence-corrected chi connectivity index (χ3v) is 4.78. The molecule has 0 heterocycles. The van der Waals surface area contributed by atoms with Crippen LogP contribution in [0.3, 0.4) is 0 Å². The molecule has 3 heteroatoms. The van der Waals surface area contributed by atoms with E-state index in [4.69, 9.17) is 4.74 Å². The summed E-state index contributed by atoms with van der Waals surface area (Å²) in [6.45, 7) is 1.82. The molecule has 28 heavy (non-hydrogen) atoms. The molecule has 3 rings (SSSR count). The molecule has 0 aliphatic rings. The average molecular weight is 374 g/mol. The number of benzene rings is 3. The van der Waals surface area contributed by atoms with Crippen LogP contribution in [0.15, 0.2) is 91.0 Å². The van der Waals surface area contributed by atoms with Gasteiger partial charge in [-0.3, -0.25) is 4.79 Å². The molecule has 0 aliphatic carbocycles. The van der Waals surface area contributed by atoms with Crippen molar-refractivity contribution in [1.29, 1.82) is 0 Å². The van der Waals surface area contributed by atoms with Gasteiger partial charge in [0, 0.05) is 18.4 Å². The van der Waals surface area contributed by atoms with E-state index in [0.29, 0.717) is 18.4 Å². The highest BCUT2D eigenvalue weighted by molar-refractivity contribution is 5.99. The van der Waals surface area contributed by atoms with Crippen LogP contribution >= 0.6 is 0 Å². The second kappa shape index (κ2) is 9.45. The van der Waals surface area contributed by atoms with E-state index in [1.54, 1.807) is 19.1 Å². The topological polar surface area (TPSA) is 46.5 Å². The summed E-state index contributed by atoms with van der Waals surface area (Å²) in [5.74, 6) is -0.0811. The maximum absolute atomic E-state index is 12.6. The Morgan fingerprint density at radius 2 is 1.25 bits per heavy atom. The van der Waals surface area contributed by atoms with Crippen molar-refractivity contribution >= 4 is 5.78 Å². The van der Waals surface area contributed by atoms with E-state index < -0.39 is 11.7 Å². The van der Waals surface area contributed by atoms with Crippen molar-refractivity contribution in [2.75, 3.05) is 6.61 Å². The predicted molar refractivity (Wildman–Crippen MR) is 111 cm³/mol.